The highest BCUT2D eigenvalue weighted by Gasteiger charge is 2.25. The van der Waals surface area contributed by atoms with Gasteiger partial charge in [0.15, 0.2) is 4.80 Å². The number of amides is 1. The topological polar surface area (TPSA) is 81.0 Å². The lowest BCUT2D eigenvalue weighted by atomic mass is 10.2. The fourth-order valence-corrected chi connectivity index (χ4v) is 6.79. The second-order valence-electron chi connectivity index (χ2n) is 8.36. The van der Waals surface area contributed by atoms with Crippen LogP contribution in [0.1, 0.15) is 56.3 Å². The Morgan fingerprint density at radius 3 is 2.38 bits per heavy atom. The summed E-state index contributed by atoms with van der Waals surface area (Å²) in [4.78, 5) is 18.2. The van der Waals surface area contributed by atoms with Crippen LogP contribution in [0.2, 0.25) is 0 Å². The van der Waals surface area contributed by atoms with Gasteiger partial charge in [-0.15, -0.1) is 0 Å². The summed E-state index contributed by atoms with van der Waals surface area (Å²) in [7, 11) is -3.55. The molecule has 1 aliphatic heterocycles. The van der Waals surface area contributed by atoms with Gasteiger partial charge in [0.2, 0.25) is 10.0 Å². The standard InChI is InChI=1S/C25H31N3O4S2/c1-3-15-28-22-14-11-20(32-4-2)18-23(22)33-25(28)26-24(29)19-9-12-21(13-10-19)34(30,31)27-16-7-5-6-8-17-27/h9-14,18H,3-8,15-17H2,1-2H3. The molecule has 9 heteroatoms. The van der Waals surface area contributed by atoms with Gasteiger partial charge in [0.25, 0.3) is 5.91 Å². The number of thiazole rings is 1. The molecule has 0 radical (unpaired) electrons. The van der Waals surface area contributed by atoms with E-state index in [2.05, 4.69) is 11.9 Å². The lowest BCUT2D eigenvalue weighted by molar-refractivity contribution is 0.0997. The number of sulfonamides is 1. The van der Waals surface area contributed by atoms with Crippen molar-refractivity contribution < 1.29 is 17.9 Å². The molecule has 34 heavy (non-hydrogen) atoms. The molecule has 0 unspecified atom stereocenters. The van der Waals surface area contributed by atoms with Crippen molar-refractivity contribution in [2.75, 3.05) is 19.7 Å². The summed E-state index contributed by atoms with van der Waals surface area (Å²) < 4.78 is 36.2. The number of carbonyl (C=O) groups is 1. The fraction of sp³-hybridized carbons (Fsp3) is 0.440. The van der Waals surface area contributed by atoms with Crippen LogP contribution < -0.4 is 9.54 Å². The average Bonchev–Trinajstić information content (AvgIpc) is 3.00. The quantitative estimate of drug-likeness (QED) is 0.465. The molecule has 1 aliphatic rings. The molecule has 7 nitrogen and oxygen atoms in total. The van der Waals surface area contributed by atoms with E-state index in [4.69, 9.17) is 4.74 Å². The van der Waals surface area contributed by atoms with E-state index < -0.39 is 10.0 Å². The van der Waals surface area contributed by atoms with Crippen molar-refractivity contribution in [2.45, 2.75) is 57.4 Å². The maximum Gasteiger partial charge on any atom is 0.279 e. The van der Waals surface area contributed by atoms with Crippen molar-refractivity contribution in [3.63, 3.8) is 0 Å². The summed E-state index contributed by atoms with van der Waals surface area (Å²) in [6.45, 7) is 6.46. The number of benzene rings is 2. The summed E-state index contributed by atoms with van der Waals surface area (Å²) in [5.74, 6) is 0.402. The first kappa shape index (κ1) is 24.6. The number of carbonyl (C=O) groups excluding carboxylic acids is 1. The fourth-order valence-electron chi connectivity index (χ4n) is 4.19. The largest absolute Gasteiger partial charge is 0.494 e. The first-order valence-corrected chi connectivity index (χ1v) is 14.1. The number of rotatable bonds is 7. The summed E-state index contributed by atoms with van der Waals surface area (Å²) in [5, 5.41) is 0. The predicted molar refractivity (Wildman–Crippen MR) is 135 cm³/mol. The number of hydrogen-bond acceptors (Lipinski definition) is 5. The Labute approximate surface area is 204 Å². The smallest absolute Gasteiger partial charge is 0.279 e. The lowest BCUT2D eigenvalue weighted by Gasteiger charge is -2.19. The first-order valence-electron chi connectivity index (χ1n) is 11.9. The van der Waals surface area contributed by atoms with Gasteiger partial charge in [-0.25, -0.2) is 8.42 Å². The Kier molecular flexibility index (Phi) is 7.85. The highest BCUT2D eigenvalue weighted by atomic mass is 32.2. The van der Waals surface area contributed by atoms with Crippen LogP contribution in [0, 0.1) is 0 Å². The van der Waals surface area contributed by atoms with Gasteiger partial charge < -0.3 is 9.30 Å². The van der Waals surface area contributed by atoms with Gasteiger partial charge in [0.1, 0.15) is 5.75 Å². The second kappa shape index (κ2) is 10.8. The van der Waals surface area contributed by atoms with Gasteiger partial charge in [0, 0.05) is 25.2 Å². The van der Waals surface area contributed by atoms with Gasteiger partial charge in [-0.3, -0.25) is 4.79 Å². The number of nitrogens with zero attached hydrogens (tertiary/aromatic N) is 3. The maximum absolute atomic E-state index is 13.0. The summed E-state index contributed by atoms with van der Waals surface area (Å²) in [5.41, 5.74) is 1.38. The van der Waals surface area contributed by atoms with Crippen LogP contribution in [-0.4, -0.2) is 42.9 Å². The Morgan fingerprint density at radius 1 is 1.03 bits per heavy atom. The molecule has 1 aromatic heterocycles. The third kappa shape index (κ3) is 5.26. The average molecular weight is 502 g/mol. The van der Waals surface area contributed by atoms with E-state index in [1.807, 2.05) is 29.7 Å². The Balaban J connectivity index is 1.63. The zero-order valence-electron chi connectivity index (χ0n) is 19.7. The molecule has 0 N–H and O–H groups in total. The van der Waals surface area contributed by atoms with E-state index >= 15 is 0 Å². The van der Waals surface area contributed by atoms with Crippen molar-refractivity contribution in [1.29, 1.82) is 0 Å². The molecule has 0 aliphatic carbocycles. The van der Waals surface area contributed by atoms with Crippen LogP contribution >= 0.6 is 11.3 Å². The molecule has 0 spiro atoms. The summed E-state index contributed by atoms with van der Waals surface area (Å²) in [6, 6.07) is 12.0. The number of hydrogen-bond donors (Lipinski definition) is 0. The third-order valence-electron chi connectivity index (χ3n) is 5.91. The molecule has 0 saturated carbocycles. The normalized spacial score (nSPS) is 16.0. The number of ether oxygens (including phenoxy) is 1. The number of fused-ring (bicyclic) bond motifs is 1. The Morgan fingerprint density at radius 2 is 1.74 bits per heavy atom. The van der Waals surface area contributed by atoms with Gasteiger partial charge in [-0.05, 0) is 68.7 Å². The minimum Gasteiger partial charge on any atom is -0.494 e. The lowest BCUT2D eigenvalue weighted by Crippen LogP contribution is -2.31. The molecular formula is C25H31N3O4S2. The summed E-state index contributed by atoms with van der Waals surface area (Å²) >= 11 is 1.45. The zero-order chi connectivity index (χ0) is 24.1. The van der Waals surface area contributed by atoms with E-state index in [9.17, 15) is 13.2 Å². The van der Waals surface area contributed by atoms with Crippen LogP contribution in [0.3, 0.4) is 0 Å². The van der Waals surface area contributed by atoms with Crippen LogP contribution in [0.25, 0.3) is 10.2 Å². The van der Waals surface area contributed by atoms with Crippen LogP contribution in [0.5, 0.6) is 5.75 Å². The molecule has 182 valence electrons. The number of aromatic nitrogens is 1. The zero-order valence-corrected chi connectivity index (χ0v) is 21.3. The van der Waals surface area contributed by atoms with Crippen LogP contribution in [-0.2, 0) is 16.6 Å². The molecule has 3 aromatic rings. The molecule has 1 amide bonds. The van der Waals surface area contributed by atoms with E-state index in [1.54, 1.807) is 16.4 Å². The first-order chi connectivity index (χ1) is 16.4. The van der Waals surface area contributed by atoms with E-state index in [-0.39, 0.29) is 10.8 Å². The van der Waals surface area contributed by atoms with Crippen molar-refractivity contribution in [1.82, 2.24) is 8.87 Å². The molecular weight excluding hydrogens is 470 g/mol. The van der Waals surface area contributed by atoms with Crippen molar-refractivity contribution in [2.24, 2.45) is 4.99 Å². The monoisotopic (exact) mass is 501 g/mol. The van der Waals surface area contributed by atoms with E-state index in [1.165, 1.54) is 23.5 Å². The predicted octanol–water partition coefficient (Wildman–Crippen LogP) is 4.82. The van der Waals surface area contributed by atoms with Gasteiger partial charge in [-0.1, -0.05) is 31.1 Å². The third-order valence-corrected chi connectivity index (χ3v) is 8.87. The highest BCUT2D eigenvalue weighted by Crippen LogP contribution is 2.24. The number of aryl methyl sites for hydroxylation is 1. The molecule has 0 bridgehead atoms. The van der Waals surface area contributed by atoms with Crippen molar-refractivity contribution in [3.05, 3.63) is 52.8 Å². The van der Waals surface area contributed by atoms with Gasteiger partial charge in [0.05, 0.1) is 21.7 Å². The highest BCUT2D eigenvalue weighted by molar-refractivity contribution is 7.89. The van der Waals surface area contributed by atoms with Gasteiger partial charge in [-0.2, -0.15) is 9.30 Å². The van der Waals surface area contributed by atoms with Crippen LogP contribution in [0.15, 0.2) is 52.4 Å². The Bertz CT molecular complexity index is 1320. The minimum atomic E-state index is -3.55. The Hall–Kier alpha value is -2.49. The second-order valence-corrected chi connectivity index (χ2v) is 11.3. The molecule has 2 aromatic carbocycles. The molecule has 1 fully saturated rings. The van der Waals surface area contributed by atoms with Crippen molar-refractivity contribution >= 4 is 37.5 Å². The molecule has 0 atom stereocenters. The van der Waals surface area contributed by atoms with Crippen molar-refractivity contribution in [3.8, 4) is 5.75 Å². The van der Waals surface area contributed by atoms with E-state index in [0.717, 1.165) is 54.6 Å². The van der Waals surface area contributed by atoms with Crippen LogP contribution in [0.4, 0.5) is 0 Å². The SMILES string of the molecule is CCCn1c(=NC(=O)c2ccc(S(=O)(=O)N3CCCCCC3)cc2)sc2cc(OCC)ccc21. The molecule has 1 saturated heterocycles. The molecule has 4 rings (SSSR count). The maximum atomic E-state index is 13.0. The summed E-state index contributed by atoms with van der Waals surface area (Å²) in [6.07, 6.45) is 4.79. The van der Waals surface area contributed by atoms with E-state index in [0.29, 0.717) is 30.1 Å². The molecule has 2 heterocycles. The van der Waals surface area contributed by atoms with Gasteiger partial charge >= 0.3 is 0 Å². The minimum absolute atomic E-state index is 0.220.